The summed E-state index contributed by atoms with van der Waals surface area (Å²) in [5, 5.41) is 0. The van der Waals surface area contributed by atoms with Crippen LogP contribution in [0, 0.1) is 5.92 Å². The molecule has 0 bridgehead atoms. The molecule has 9 saturated heterocycles. The summed E-state index contributed by atoms with van der Waals surface area (Å²) in [5.41, 5.74) is 0. The molecule has 9 aliphatic heterocycles. The molecule has 6 aromatic carbocycles. The fraction of sp³-hybridized carbons (Fsp3) is 0.500. The highest BCUT2D eigenvalue weighted by Gasteiger charge is 2.28. The molecule has 9 atom stereocenters. The second-order valence-corrected chi connectivity index (χ2v) is 22.2. The normalized spacial score (nSPS) is 22.5. The molecule has 9 heterocycles. The molecule has 0 N–H and O–H groups in total. The summed E-state index contributed by atoms with van der Waals surface area (Å²) in [6, 6.07) is 52.3. The molecule has 0 spiro atoms. The van der Waals surface area contributed by atoms with Crippen molar-refractivity contribution in [2.24, 2.45) is 5.92 Å². The number of benzene rings is 6. The van der Waals surface area contributed by atoms with Gasteiger partial charge in [-0.15, -0.1) is 0 Å². The van der Waals surface area contributed by atoms with Crippen LogP contribution in [0.4, 0.5) is 0 Å². The quantitative estimate of drug-likeness (QED) is 0.0441. The average Bonchev–Trinajstić information content (AvgIpc) is 4.57. The van der Waals surface area contributed by atoms with Gasteiger partial charge in [0.1, 0.15) is 166 Å². The molecule has 90 heavy (non-hydrogen) atoms. The molecule has 492 valence electrons. The van der Waals surface area contributed by atoms with Gasteiger partial charge in [0, 0.05) is 0 Å². The molecule has 0 saturated carbocycles. The van der Waals surface area contributed by atoms with E-state index in [0.29, 0.717) is 114 Å². The zero-order valence-electron chi connectivity index (χ0n) is 53.6. The molecule has 9 unspecified atom stereocenters. The fourth-order valence-electron chi connectivity index (χ4n) is 6.63. The van der Waals surface area contributed by atoms with Crippen LogP contribution in [0.1, 0.15) is 54.9 Å². The Kier molecular flexibility index (Phi) is 32.6. The zero-order chi connectivity index (χ0) is 63.2. The summed E-state index contributed by atoms with van der Waals surface area (Å²) in [6.07, 6.45) is 4.04. The first-order chi connectivity index (χ1) is 44.2. The molecule has 0 amide bonds. The van der Waals surface area contributed by atoms with E-state index in [1.807, 2.05) is 178 Å². The molecule has 18 nitrogen and oxygen atoms in total. The zero-order valence-corrected chi connectivity index (χ0v) is 53.6. The maximum absolute atomic E-state index is 5.52. The van der Waals surface area contributed by atoms with Crippen molar-refractivity contribution in [1.82, 2.24) is 0 Å². The minimum absolute atomic E-state index is 0.294. The number of epoxide rings is 9. The minimum Gasteiger partial charge on any atom is -0.491 e. The highest BCUT2D eigenvalue weighted by atomic mass is 16.6. The highest BCUT2D eigenvalue weighted by molar-refractivity contribution is 5.33. The lowest BCUT2D eigenvalue weighted by Gasteiger charge is -2.06. The van der Waals surface area contributed by atoms with Gasteiger partial charge in [0.2, 0.25) is 0 Å². The molecule has 15 rings (SSSR count). The van der Waals surface area contributed by atoms with E-state index in [1.165, 1.54) is 6.42 Å². The van der Waals surface area contributed by atoms with Crippen molar-refractivity contribution in [3.8, 4) is 51.7 Å². The Bertz CT molecular complexity index is 2290. The van der Waals surface area contributed by atoms with Crippen LogP contribution in [0.2, 0.25) is 0 Å². The molecule has 0 aliphatic carbocycles. The minimum atomic E-state index is 0.294. The van der Waals surface area contributed by atoms with Gasteiger partial charge in [-0.3, -0.25) is 0 Å². The van der Waals surface area contributed by atoms with Crippen LogP contribution < -0.4 is 42.6 Å². The summed E-state index contributed by atoms with van der Waals surface area (Å²) >= 11 is 0. The Morgan fingerprint density at radius 3 is 0.444 bits per heavy atom. The van der Waals surface area contributed by atoms with E-state index in [1.54, 1.807) is 0 Å². The van der Waals surface area contributed by atoms with Crippen molar-refractivity contribution in [2.45, 2.75) is 110 Å². The van der Waals surface area contributed by atoms with Gasteiger partial charge in [-0.25, -0.2) is 0 Å². The summed E-state index contributed by atoms with van der Waals surface area (Å²) in [7, 11) is 0. The van der Waals surface area contributed by atoms with Gasteiger partial charge in [-0.05, 0) is 115 Å². The van der Waals surface area contributed by atoms with Crippen LogP contribution in [-0.2, 0) is 42.6 Å². The van der Waals surface area contributed by atoms with Crippen molar-refractivity contribution in [1.29, 1.82) is 0 Å². The van der Waals surface area contributed by atoms with Gasteiger partial charge in [0.15, 0.2) is 0 Å². The summed E-state index contributed by atoms with van der Waals surface area (Å²) in [4.78, 5) is 0. The molecular weight excluding hydrogens is 1150 g/mol. The molecule has 0 radical (unpaired) electrons. The first-order valence-corrected chi connectivity index (χ1v) is 31.8. The molecule has 0 aromatic heterocycles. The van der Waals surface area contributed by atoms with E-state index in [0.717, 1.165) is 117 Å². The van der Waals surface area contributed by atoms with Crippen LogP contribution in [0.25, 0.3) is 0 Å². The van der Waals surface area contributed by atoms with Crippen LogP contribution in [0.3, 0.4) is 0 Å². The Morgan fingerprint density at radius 2 is 0.344 bits per heavy atom. The van der Waals surface area contributed by atoms with Crippen LogP contribution in [0.15, 0.2) is 164 Å². The third-order valence-corrected chi connectivity index (χ3v) is 12.2. The first kappa shape index (κ1) is 70.6. The van der Waals surface area contributed by atoms with Gasteiger partial charge in [0.05, 0.1) is 59.5 Å². The molecule has 18 heteroatoms. The Labute approximate surface area is 533 Å². The Morgan fingerprint density at radius 1 is 0.244 bits per heavy atom. The largest absolute Gasteiger partial charge is 0.491 e. The van der Waals surface area contributed by atoms with E-state index < -0.39 is 0 Å². The van der Waals surface area contributed by atoms with Crippen molar-refractivity contribution in [3.05, 3.63) is 164 Å². The highest BCUT2D eigenvalue weighted by Crippen LogP contribution is 2.25. The van der Waals surface area contributed by atoms with E-state index in [4.69, 9.17) is 85.3 Å². The Hall–Kier alpha value is -6.84. The number of para-hydroxylation sites is 3. The fourth-order valence-corrected chi connectivity index (χ4v) is 6.63. The monoisotopic (exact) mass is 1250 g/mol. The maximum atomic E-state index is 5.52. The van der Waals surface area contributed by atoms with Gasteiger partial charge in [-0.1, -0.05) is 109 Å². The maximum Gasteiger partial charge on any atom is 0.119 e. The third kappa shape index (κ3) is 36.7. The van der Waals surface area contributed by atoms with Crippen molar-refractivity contribution >= 4 is 0 Å². The van der Waals surface area contributed by atoms with E-state index in [9.17, 15) is 0 Å². The predicted octanol–water partition coefficient (Wildman–Crippen LogP) is 12.2. The second kappa shape index (κ2) is 41.5. The lowest BCUT2D eigenvalue weighted by molar-refractivity contribution is 0.257. The van der Waals surface area contributed by atoms with Crippen molar-refractivity contribution in [2.75, 3.05) is 119 Å². The van der Waals surface area contributed by atoms with Gasteiger partial charge < -0.3 is 85.3 Å². The van der Waals surface area contributed by atoms with E-state index in [2.05, 4.69) is 34.6 Å². The topological polar surface area (TPSA) is 196 Å². The van der Waals surface area contributed by atoms with Gasteiger partial charge in [-0.2, -0.15) is 0 Å². The van der Waals surface area contributed by atoms with Crippen LogP contribution in [0.5, 0.6) is 51.7 Å². The first-order valence-electron chi connectivity index (χ1n) is 31.8. The third-order valence-electron chi connectivity index (χ3n) is 12.2. The molecule has 6 aromatic rings. The lowest BCUT2D eigenvalue weighted by atomic mass is 10.3. The van der Waals surface area contributed by atoms with Gasteiger partial charge in [0.25, 0.3) is 0 Å². The average molecular weight is 1250 g/mol. The van der Waals surface area contributed by atoms with Gasteiger partial charge >= 0.3 is 0 Å². The van der Waals surface area contributed by atoms with Crippen molar-refractivity contribution in [3.63, 3.8) is 0 Å². The summed E-state index contributed by atoms with van der Waals surface area (Å²) in [5.74, 6) is 8.71. The van der Waals surface area contributed by atoms with Crippen LogP contribution >= 0.6 is 0 Å². The number of hydrogen-bond acceptors (Lipinski definition) is 18. The molecular formula is C72H96O18. The van der Waals surface area contributed by atoms with Crippen molar-refractivity contribution < 1.29 is 85.3 Å². The SMILES string of the molecule is CC.CC(C)C.CCC.c1cc(OCC2CO2)ccc1OCC1CO1.c1cc(OCC2CO2)ccc1OCC1CO1.c1cc(OCC2CO2)ccc1OCC1CO1.c1ccc(OCC2CO2)cc1.c1ccc(OCC2CO2)cc1.c1ccc(OCC2CO2)cc1. The number of ether oxygens (including phenoxy) is 18. The molecule has 9 aliphatic rings. The smallest absolute Gasteiger partial charge is 0.119 e. The molecule has 9 fully saturated rings. The standard InChI is InChI=1S/3C12H14O4.3C9H10O2.C4H10.C3H8.C2H6/c3*1-2-10(14-6-12-8-16-12)4-3-9(1)13-5-11-7-15-11;3*1-2-4-8(5-3-1)10-6-9-7-11-9;1-4(2)3;1-3-2;1-2/h3*1-4,11-12H,5-8H2;3*1-5,9H,6-7H2;4H,1-3H3;3H2,1-2H3;1-2H3. The van der Waals surface area contributed by atoms with E-state index >= 15 is 0 Å². The Balaban J connectivity index is 0.000000151. The predicted molar refractivity (Wildman–Crippen MR) is 344 cm³/mol. The van der Waals surface area contributed by atoms with Crippen LogP contribution in [-0.4, -0.2) is 174 Å². The second-order valence-electron chi connectivity index (χ2n) is 22.2. The van der Waals surface area contributed by atoms with E-state index in [-0.39, 0.29) is 0 Å². The lowest BCUT2D eigenvalue weighted by Crippen LogP contribution is -2.05. The number of rotatable bonds is 27. The summed E-state index contributed by atoms with van der Waals surface area (Å²) in [6.45, 7) is 28.1. The number of hydrogen-bond donors (Lipinski definition) is 0. The summed E-state index contributed by atoms with van der Waals surface area (Å²) < 4.78 is 94.7.